The summed E-state index contributed by atoms with van der Waals surface area (Å²) in [7, 11) is 0. The number of hydrogen-bond donors (Lipinski definition) is 3. The minimum absolute atomic E-state index is 0.0929. The van der Waals surface area contributed by atoms with Crippen LogP contribution in [0, 0.1) is 11.8 Å². The van der Waals surface area contributed by atoms with Gasteiger partial charge in [0.25, 0.3) is 5.91 Å². The van der Waals surface area contributed by atoms with E-state index in [2.05, 4.69) is 10.6 Å². The van der Waals surface area contributed by atoms with E-state index in [1.807, 2.05) is 0 Å². The van der Waals surface area contributed by atoms with Crippen molar-refractivity contribution in [1.82, 2.24) is 5.32 Å². The van der Waals surface area contributed by atoms with Gasteiger partial charge in [0.1, 0.15) is 0 Å². The van der Waals surface area contributed by atoms with E-state index in [-0.39, 0.29) is 17.9 Å². The molecule has 3 N–H and O–H groups in total. The van der Waals surface area contributed by atoms with Crippen LogP contribution >= 0.6 is 0 Å². The smallest absolute Gasteiger partial charge is 0.307 e. The summed E-state index contributed by atoms with van der Waals surface area (Å²) >= 11 is 0. The Morgan fingerprint density at radius 1 is 0.917 bits per heavy atom. The van der Waals surface area contributed by atoms with Crippen LogP contribution in [-0.2, 0) is 9.59 Å². The highest BCUT2D eigenvalue weighted by molar-refractivity contribution is 5.97. The van der Waals surface area contributed by atoms with Crippen molar-refractivity contribution in [1.29, 1.82) is 0 Å². The third kappa shape index (κ3) is 3.58. The minimum atomic E-state index is -0.916. The predicted molar refractivity (Wildman–Crippen MR) is 88.6 cm³/mol. The molecule has 1 aromatic rings. The van der Waals surface area contributed by atoms with Gasteiger partial charge in [-0.15, -0.1) is 0 Å². The number of carbonyl (C=O) groups is 3. The Balaban J connectivity index is 1.55. The molecule has 0 aliphatic heterocycles. The van der Waals surface area contributed by atoms with Gasteiger partial charge < -0.3 is 15.7 Å². The Morgan fingerprint density at radius 3 is 2.08 bits per heavy atom. The van der Waals surface area contributed by atoms with Gasteiger partial charge in [0.2, 0.25) is 5.91 Å². The van der Waals surface area contributed by atoms with Crippen LogP contribution in [0.2, 0.25) is 0 Å². The maximum absolute atomic E-state index is 12.2. The van der Waals surface area contributed by atoms with Crippen molar-refractivity contribution in [3.63, 3.8) is 0 Å². The van der Waals surface area contributed by atoms with Crippen LogP contribution < -0.4 is 10.6 Å². The molecule has 2 aliphatic carbocycles. The van der Waals surface area contributed by atoms with E-state index in [0.29, 0.717) is 24.1 Å². The van der Waals surface area contributed by atoms with Crippen LogP contribution in [0.4, 0.5) is 5.69 Å². The first-order valence-electron chi connectivity index (χ1n) is 8.49. The number of benzene rings is 1. The van der Waals surface area contributed by atoms with Crippen molar-refractivity contribution in [3.8, 4) is 0 Å². The monoisotopic (exact) mass is 330 g/mol. The molecule has 2 saturated carbocycles. The van der Waals surface area contributed by atoms with E-state index in [0.717, 1.165) is 25.7 Å². The van der Waals surface area contributed by atoms with Crippen LogP contribution in [0.15, 0.2) is 24.3 Å². The zero-order valence-electron chi connectivity index (χ0n) is 13.5. The average Bonchev–Trinajstić information content (AvgIpc) is 2.99. The topological polar surface area (TPSA) is 95.5 Å². The number of hydrogen-bond acceptors (Lipinski definition) is 3. The van der Waals surface area contributed by atoms with Crippen molar-refractivity contribution in [2.45, 2.75) is 44.6 Å². The number of carboxylic acids is 1. The highest BCUT2D eigenvalue weighted by Crippen LogP contribution is 2.35. The second-order valence-corrected chi connectivity index (χ2v) is 6.65. The Kier molecular flexibility index (Phi) is 4.83. The average molecular weight is 330 g/mol. The van der Waals surface area contributed by atoms with Gasteiger partial charge in [-0.25, -0.2) is 0 Å². The van der Waals surface area contributed by atoms with E-state index >= 15 is 0 Å². The molecule has 2 atom stereocenters. The molecular weight excluding hydrogens is 308 g/mol. The fraction of sp³-hybridized carbons (Fsp3) is 0.500. The summed E-state index contributed by atoms with van der Waals surface area (Å²) in [6.07, 6.45) is 5.54. The number of carbonyl (C=O) groups excluding carboxylic acids is 2. The van der Waals surface area contributed by atoms with Crippen LogP contribution in [0.1, 0.15) is 48.9 Å². The zero-order chi connectivity index (χ0) is 17.1. The summed E-state index contributed by atoms with van der Waals surface area (Å²) in [5.41, 5.74) is 1.14. The number of carboxylic acid groups (broad SMARTS) is 1. The zero-order valence-corrected chi connectivity index (χ0v) is 13.5. The molecule has 6 nitrogen and oxygen atoms in total. The fourth-order valence-electron chi connectivity index (χ4n) is 3.39. The molecule has 0 heterocycles. The summed E-state index contributed by atoms with van der Waals surface area (Å²) in [5.74, 6) is -2.32. The minimum Gasteiger partial charge on any atom is -0.481 e. The van der Waals surface area contributed by atoms with Gasteiger partial charge in [-0.1, -0.05) is 12.8 Å². The Hall–Kier alpha value is -2.37. The summed E-state index contributed by atoms with van der Waals surface area (Å²) in [6.45, 7) is 0. The first-order chi connectivity index (χ1) is 11.5. The van der Waals surface area contributed by atoms with Gasteiger partial charge in [-0.05, 0) is 49.9 Å². The molecule has 128 valence electrons. The largest absolute Gasteiger partial charge is 0.481 e. The molecule has 6 heteroatoms. The Bertz CT molecular complexity index is 635. The molecule has 2 fully saturated rings. The molecule has 0 radical (unpaired) electrons. The lowest BCUT2D eigenvalue weighted by Crippen LogP contribution is -2.41. The molecule has 2 aliphatic rings. The van der Waals surface area contributed by atoms with Gasteiger partial charge in [-0.2, -0.15) is 0 Å². The fourth-order valence-corrected chi connectivity index (χ4v) is 3.39. The van der Waals surface area contributed by atoms with Crippen molar-refractivity contribution >= 4 is 23.5 Å². The highest BCUT2D eigenvalue weighted by Gasteiger charge is 2.41. The summed E-state index contributed by atoms with van der Waals surface area (Å²) < 4.78 is 0. The molecule has 24 heavy (non-hydrogen) atoms. The molecule has 3 rings (SSSR count). The van der Waals surface area contributed by atoms with Crippen molar-refractivity contribution in [2.75, 3.05) is 5.32 Å². The van der Waals surface area contributed by atoms with E-state index in [1.165, 1.54) is 0 Å². The molecule has 0 spiro atoms. The number of aliphatic carboxylic acids is 1. The first kappa shape index (κ1) is 16.5. The lowest BCUT2D eigenvalue weighted by atomic mass is 9.73. The van der Waals surface area contributed by atoms with Gasteiger partial charge in [0.15, 0.2) is 0 Å². The SMILES string of the molecule is O=C(NC1CCCC1)c1ccc(NC(=O)C2CCC2C(=O)O)cc1. The number of rotatable bonds is 5. The van der Waals surface area contributed by atoms with Gasteiger partial charge in [0, 0.05) is 17.3 Å². The third-order valence-electron chi connectivity index (χ3n) is 5.03. The van der Waals surface area contributed by atoms with Crippen molar-refractivity contribution in [2.24, 2.45) is 11.8 Å². The second-order valence-electron chi connectivity index (χ2n) is 6.65. The molecular formula is C18H22N2O4. The van der Waals surface area contributed by atoms with E-state index < -0.39 is 17.8 Å². The normalized spacial score (nSPS) is 23.3. The molecule has 2 amide bonds. The number of amides is 2. The third-order valence-corrected chi connectivity index (χ3v) is 5.03. The van der Waals surface area contributed by atoms with Crippen molar-refractivity contribution in [3.05, 3.63) is 29.8 Å². The maximum Gasteiger partial charge on any atom is 0.307 e. The van der Waals surface area contributed by atoms with E-state index in [4.69, 9.17) is 5.11 Å². The molecule has 0 bridgehead atoms. The van der Waals surface area contributed by atoms with Crippen LogP contribution in [-0.4, -0.2) is 28.9 Å². The molecule has 1 aromatic carbocycles. The number of anilines is 1. The van der Waals surface area contributed by atoms with E-state index in [1.54, 1.807) is 24.3 Å². The summed E-state index contributed by atoms with van der Waals surface area (Å²) in [6, 6.07) is 6.97. The van der Waals surface area contributed by atoms with Gasteiger partial charge in [0.05, 0.1) is 11.8 Å². The van der Waals surface area contributed by atoms with Gasteiger partial charge in [-0.3, -0.25) is 14.4 Å². The Morgan fingerprint density at radius 2 is 1.54 bits per heavy atom. The lowest BCUT2D eigenvalue weighted by molar-refractivity contribution is -0.151. The predicted octanol–water partition coefficient (Wildman–Crippen LogP) is 2.41. The molecule has 0 saturated heterocycles. The molecule has 2 unspecified atom stereocenters. The highest BCUT2D eigenvalue weighted by atomic mass is 16.4. The summed E-state index contributed by atoms with van der Waals surface area (Å²) in [4.78, 5) is 35.2. The summed E-state index contributed by atoms with van der Waals surface area (Å²) in [5, 5.41) is 14.8. The van der Waals surface area contributed by atoms with Gasteiger partial charge >= 0.3 is 5.97 Å². The quantitative estimate of drug-likeness (QED) is 0.772. The number of nitrogens with one attached hydrogen (secondary N) is 2. The van der Waals surface area contributed by atoms with E-state index in [9.17, 15) is 14.4 Å². The maximum atomic E-state index is 12.2. The standard InChI is InChI=1S/C18H22N2O4/c21-16(19-12-3-1-2-4-12)11-5-7-13(8-6-11)20-17(22)14-9-10-15(14)18(23)24/h5-8,12,14-15H,1-4,9-10H2,(H,19,21)(H,20,22)(H,23,24). The Labute approximate surface area is 140 Å². The van der Waals surface area contributed by atoms with Crippen LogP contribution in [0.5, 0.6) is 0 Å². The van der Waals surface area contributed by atoms with Crippen LogP contribution in [0.3, 0.4) is 0 Å². The molecule has 0 aromatic heterocycles. The first-order valence-corrected chi connectivity index (χ1v) is 8.49. The van der Waals surface area contributed by atoms with Crippen molar-refractivity contribution < 1.29 is 19.5 Å². The lowest BCUT2D eigenvalue weighted by Gasteiger charge is -2.31. The second kappa shape index (κ2) is 7.03. The van der Waals surface area contributed by atoms with Crippen LogP contribution in [0.25, 0.3) is 0 Å².